The van der Waals surface area contributed by atoms with Gasteiger partial charge in [-0.05, 0) is 35.6 Å². The largest absolute Gasteiger partial charge is 0.476 e. The number of rotatable bonds is 6. The highest BCUT2D eigenvalue weighted by atomic mass is 32.2. The molecule has 0 bridgehead atoms. The molecule has 1 N–H and O–H groups in total. The van der Waals surface area contributed by atoms with Crippen molar-refractivity contribution < 1.29 is 17.9 Å². The molecule has 0 radical (unpaired) electrons. The number of carbonyl (C=O) groups is 1. The van der Waals surface area contributed by atoms with Crippen LogP contribution < -0.4 is 14.4 Å². The molecule has 7 heteroatoms. The predicted octanol–water partition coefficient (Wildman–Crippen LogP) is 2.70. The van der Waals surface area contributed by atoms with Crippen LogP contribution >= 0.6 is 0 Å². The highest BCUT2D eigenvalue weighted by Gasteiger charge is 2.34. The number of nitrogens with one attached hydrogen (secondary N) is 1. The van der Waals surface area contributed by atoms with Crippen molar-refractivity contribution in [1.29, 1.82) is 0 Å². The van der Waals surface area contributed by atoms with Crippen molar-refractivity contribution in [2.24, 2.45) is 0 Å². The summed E-state index contributed by atoms with van der Waals surface area (Å²) in [5.41, 5.74) is 2.87. The lowest BCUT2D eigenvalue weighted by atomic mass is 10.0. The van der Waals surface area contributed by atoms with Gasteiger partial charge in [0.15, 0.2) is 6.10 Å². The summed E-state index contributed by atoms with van der Waals surface area (Å²) in [6, 6.07) is 15.2. The molecule has 0 saturated heterocycles. The van der Waals surface area contributed by atoms with Gasteiger partial charge in [0.2, 0.25) is 10.0 Å². The Kier molecular flexibility index (Phi) is 5.93. The number of anilines is 1. The Bertz CT molecular complexity index is 939. The maximum atomic E-state index is 12.6. The van der Waals surface area contributed by atoms with Crippen LogP contribution in [0.1, 0.15) is 30.9 Å². The number of nitrogens with zero attached hydrogens (tertiary/aromatic N) is 1. The van der Waals surface area contributed by atoms with Gasteiger partial charge in [0.05, 0.1) is 18.5 Å². The molecule has 1 atom stereocenters. The first-order valence-corrected chi connectivity index (χ1v) is 11.2. The van der Waals surface area contributed by atoms with Gasteiger partial charge in [0.1, 0.15) is 5.75 Å². The van der Waals surface area contributed by atoms with Crippen molar-refractivity contribution in [3.05, 3.63) is 59.7 Å². The highest BCUT2D eigenvalue weighted by Crippen LogP contribution is 2.34. The first-order chi connectivity index (χ1) is 13.3. The SMILES string of the molecule is CC(C)c1ccc(CCNC(=O)[C@H]2CN(S(C)(=O)=O)c3ccccc3O2)cc1. The van der Waals surface area contributed by atoms with Crippen LogP contribution in [0.4, 0.5) is 5.69 Å². The standard InChI is InChI=1S/C21H26N2O4S/c1-15(2)17-10-8-16(9-11-17)12-13-22-21(24)20-14-23(28(3,25)26)18-6-4-5-7-19(18)27-20/h4-11,15,20H,12-14H2,1-3H3,(H,22,24)/t20-/m1/s1. The van der Waals surface area contributed by atoms with Crippen molar-refractivity contribution in [2.45, 2.75) is 32.3 Å². The Morgan fingerprint density at radius 2 is 1.86 bits per heavy atom. The number of ether oxygens (including phenoxy) is 1. The van der Waals surface area contributed by atoms with E-state index in [1.54, 1.807) is 24.3 Å². The Morgan fingerprint density at radius 3 is 2.50 bits per heavy atom. The minimum absolute atomic E-state index is 0.0369. The third-order valence-corrected chi connectivity index (χ3v) is 5.93. The van der Waals surface area contributed by atoms with Gasteiger partial charge in [-0.2, -0.15) is 0 Å². The van der Waals surface area contributed by atoms with E-state index in [4.69, 9.17) is 4.74 Å². The zero-order chi connectivity index (χ0) is 20.3. The molecule has 0 spiro atoms. The Balaban J connectivity index is 1.62. The molecule has 3 rings (SSSR count). The summed E-state index contributed by atoms with van der Waals surface area (Å²) >= 11 is 0. The summed E-state index contributed by atoms with van der Waals surface area (Å²) in [5, 5.41) is 2.86. The van der Waals surface area contributed by atoms with Crippen LogP contribution in [0.2, 0.25) is 0 Å². The molecule has 1 aliphatic heterocycles. The van der Waals surface area contributed by atoms with Crippen molar-refractivity contribution in [3.8, 4) is 5.75 Å². The maximum absolute atomic E-state index is 12.6. The second-order valence-electron chi connectivity index (χ2n) is 7.31. The average molecular weight is 403 g/mol. The smallest absolute Gasteiger partial charge is 0.263 e. The number of fused-ring (bicyclic) bond motifs is 1. The number of hydrogen-bond acceptors (Lipinski definition) is 4. The Labute approximate surface area is 166 Å². The second-order valence-corrected chi connectivity index (χ2v) is 9.21. The molecular weight excluding hydrogens is 376 g/mol. The van der Waals surface area contributed by atoms with Crippen molar-refractivity contribution >= 4 is 21.6 Å². The van der Waals surface area contributed by atoms with E-state index in [9.17, 15) is 13.2 Å². The molecule has 150 valence electrons. The van der Waals surface area contributed by atoms with Gasteiger partial charge in [-0.1, -0.05) is 50.2 Å². The van der Waals surface area contributed by atoms with Crippen LogP contribution in [0.3, 0.4) is 0 Å². The van der Waals surface area contributed by atoms with Crippen molar-refractivity contribution in [2.75, 3.05) is 23.7 Å². The van der Waals surface area contributed by atoms with E-state index in [0.717, 1.165) is 11.8 Å². The zero-order valence-electron chi connectivity index (χ0n) is 16.4. The minimum Gasteiger partial charge on any atom is -0.476 e. The number of benzene rings is 2. The monoisotopic (exact) mass is 402 g/mol. The summed E-state index contributed by atoms with van der Waals surface area (Å²) in [5.74, 6) is 0.559. The van der Waals surface area contributed by atoms with Crippen LogP contribution in [0.5, 0.6) is 5.75 Å². The summed E-state index contributed by atoms with van der Waals surface area (Å²) in [7, 11) is -3.51. The van der Waals surface area contributed by atoms with Crippen LogP contribution in [-0.4, -0.2) is 39.8 Å². The number of carbonyl (C=O) groups excluding carboxylic acids is 1. The van der Waals surface area contributed by atoms with Crippen LogP contribution in [0.15, 0.2) is 48.5 Å². The molecule has 0 unspecified atom stereocenters. The predicted molar refractivity (Wildman–Crippen MR) is 110 cm³/mol. The Hall–Kier alpha value is -2.54. The fourth-order valence-electron chi connectivity index (χ4n) is 3.17. The molecule has 0 aliphatic carbocycles. The molecule has 2 aromatic rings. The van der Waals surface area contributed by atoms with E-state index in [2.05, 4.69) is 43.4 Å². The quantitative estimate of drug-likeness (QED) is 0.806. The molecule has 2 aromatic carbocycles. The van der Waals surface area contributed by atoms with Gasteiger partial charge >= 0.3 is 0 Å². The first kappa shape index (κ1) is 20.2. The fourth-order valence-corrected chi connectivity index (χ4v) is 4.08. The molecule has 1 aliphatic rings. The van der Waals surface area contributed by atoms with E-state index in [-0.39, 0.29) is 12.5 Å². The second kappa shape index (κ2) is 8.22. The van der Waals surface area contributed by atoms with Gasteiger partial charge in [-0.15, -0.1) is 0 Å². The third kappa shape index (κ3) is 4.65. The van der Waals surface area contributed by atoms with Crippen molar-refractivity contribution in [3.63, 3.8) is 0 Å². The normalized spacial score (nSPS) is 16.4. The number of amides is 1. The topological polar surface area (TPSA) is 75.7 Å². The van der Waals surface area contributed by atoms with E-state index in [1.807, 2.05) is 0 Å². The molecule has 0 aromatic heterocycles. The lowest BCUT2D eigenvalue weighted by molar-refractivity contribution is -0.127. The van der Waals surface area contributed by atoms with Crippen LogP contribution in [0.25, 0.3) is 0 Å². The van der Waals surface area contributed by atoms with E-state index in [0.29, 0.717) is 30.3 Å². The van der Waals surface area contributed by atoms with E-state index < -0.39 is 16.1 Å². The van der Waals surface area contributed by atoms with Crippen molar-refractivity contribution in [1.82, 2.24) is 5.32 Å². The molecule has 0 saturated carbocycles. The first-order valence-electron chi connectivity index (χ1n) is 9.35. The van der Waals surface area contributed by atoms with E-state index >= 15 is 0 Å². The lowest BCUT2D eigenvalue weighted by Gasteiger charge is -2.33. The fraction of sp³-hybridized carbons (Fsp3) is 0.381. The zero-order valence-corrected chi connectivity index (χ0v) is 17.2. The van der Waals surface area contributed by atoms with Crippen LogP contribution in [-0.2, 0) is 21.2 Å². The minimum atomic E-state index is -3.51. The van der Waals surface area contributed by atoms with Gasteiger partial charge < -0.3 is 10.1 Å². The number of hydrogen-bond donors (Lipinski definition) is 1. The lowest BCUT2D eigenvalue weighted by Crippen LogP contribution is -2.50. The molecular formula is C21H26N2O4S. The summed E-state index contributed by atoms with van der Waals surface area (Å²) in [6.07, 6.45) is 0.946. The number of sulfonamides is 1. The average Bonchev–Trinajstić information content (AvgIpc) is 2.66. The van der Waals surface area contributed by atoms with Gasteiger partial charge in [0, 0.05) is 6.54 Å². The molecule has 28 heavy (non-hydrogen) atoms. The molecule has 6 nitrogen and oxygen atoms in total. The molecule has 1 heterocycles. The van der Waals surface area contributed by atoms with Gasteiger partial charge in [0.25, 0.3) is 5.91 Å². The number of para-hydroxylation sites is 2. The highest BCUT2D eigenvalue weighted by molar-refractivity contribution is 7.92. The third-order valence-electron chi connectivity index (χ3n) is 4.79. The maximum Gasteiger partial charge on any atom is 0.263 e. The van der Waals surface area contributed by atoms with Gasteiger partial charge in [-0.25, -0.2) is 8.42 Å². The summed E-state index contributed by atoms with van der Waals surface area (Å²) in [6.45, 7) is 4.72. The Morgan fingerprint density at radius 1 is 1.18 bits per heavy atom. The summed E-state index contributed by atoms with van der Waals surface area (Å²) < 4.78 is 31.2. The van der Waals surface area contributed by atoms with E-state index in [1.165, 1.54) is 9.87 Å². The molecule has 0 fully saturated rings. The molecule has 1 amide bonds. The summed E-state index contributed by atoms with van der Waals surface area (Å²) in [4.78, 5) is 12.6. The van der Waals surface area contributed by atoms with Gasteiger partial charge in [-0.3, -0.25) is 9.10 Å². The van der Waals surface area contributed by atoms with Crippen LogP contribution in [0, 0.1) is 0 Å².